The zero-order valence-electron chi connectivity index (χ0n) is 17.4. The van der Waals surface area contributed by atoms with E-state index in [-0.39, 0.29) is 38.1 Å². The third-order valence-corrected chi connectivity index (χ3v) is 6.64. The fourth-order valence-electron chi connectivity index (χ4n) is 3.99. The van der Waals surface area contributed by atoms with Crippen LogP contribution in [0.3, 0.4) is 0 Å². The van der Waals surface area contributed by atoms with E-state index in [4.69, 9.17) is 0 Å². The molecule has 0 amide bonds. The molecule has 28 heavy (non-hydrogen) atoms. The molecule has 0 saturated heterocycles. The monoisotopic (exact) mass is 484 g/mol. The van der Waals surface area contributed by atoms with Crippen LogP contribution in [0.2, 0.25) is 0 Å². The number of aliphatic hydroxyl groups excluding tert-OH is 1. The van der Waals surface area contributed by atoms with E-state index in [2.05, 4.69) is 19.3 Å². The van der Waals surface area contributed by atoms with Gasteiger partial charge in [-0.2, -0.15) is 6.42 Å². The van der Waals surface area contributed by atoms with Crippen LogP contribution in [0.1, 0.15) is 76.4 Å². The summed E-state index contributed by atoms with van der Waals surface area (Å²) >= 11 is 0. The Morgan fingerprint density at radius 1 is 1.21 bits per heavy atom. The van der Waals surface area contributed by atoms with Crippen LogP contribution in [0.4, 0.5) is 5.69 Å². The molecule has 0 spiro atoms. The number of rotatable bonds is 12. The van der Waals surface area contributed by atoms with Crippen LogP contribution in [0.25, 0.3) is 0 Å². The summed E-state index contributed by atoms with van der Waals surface area (Å²) in [5.41, 5.74) is 4.46. The molecule has 1 unspecified atom stereocenters. The molecule has 7 heteroatoms. The van der Waals surface area contributed by atoms with Gasteiger partial charge in [-0.25, -0.2) is 18.3 Å². The van der Waals surface area contributed by atoms with Crippen molar-refractivity contribution in [2.45, 2.75) is 70.8 Å². The molecular formula is C21H35N2O3SY-. The topological polar surface area (TPSA) is 69.6 Å². The van der Waals surface area contributed by atoms with Gasteiger partial charge in [-0.15, -0.1) is 0 Å². The van der Waals surface area contributed by atoms with Crippen molar-refractivity contribution in [2.75, 3.05) is 17.2 Å². The number of anilines is 1. The van der Waals surface area contributed by atoms with Crippen molar-refractivity contribution in [2.24, 2.45) is 5.41 Å². The minimum atomic E-state index is -3.43. The van der Waals surface area contributed by atoms with Gasteiger partial charge in [0.25, 0.3) is 0 Å². The predicted octanol–water partition coefficient (Wildman–Crippen LogP) is 4.35. The minimum Gasteiger partial charge on any atom is -0.388 e. The average molecular weight is 484 g/mol. The average Bonchev–Trinajstić information content (AvgIpc) is 2.60. The molecule has 2 rings (SSSR count). The molecule has 0 bridgehead atoms. The number of hydrogen-bond acceptors (Lipinski definition) is 4. The summed E-state index contributed by atoms with van der Waals surface area (Å²) in [6.45, 7) is 6.57. The molecule has 157 valence electrons. The molecule has 1 aliphatic carbocycles. The first-order valence-corrected chi connectivity index (χ1v) is 12.0. The van der Waals surface area contributed by atoms with Crippen molar-refractivity contribution < 1.29 is 46.2 Å². The number of hydrogen-bond donors (Lipinski definition) is 2. The first-order chi connectivity index (χ1) is 12.8. The van der Waals surface area contributed by atoms with Crippen molar-refractivity contribution >= 4 is 15.7 Å². The number of hydrazine groups is 1. The largest absolute Gasteiger partial charge is 0.388 e. The van der Waals surface area contributed by atoms with E-state index in [9.17, 15) is 13.5 Å². The second kappa shape index (κ2) is 12.0. The second-order valence-corrected chi connectivity index (χ2v) is 9.64. The van der Waals surface area contributed by atoms with Gasteiger partial charge in [-0.05, 0) is 43.4 Å². The Hall–Kier alpha value is -0.00610. The number of benzene rings is 1. The van der Waals surface area contributed by atoms with Crippen LogP contribution in [-0.4, -0.2) is 26.3 Å². The summed E-state index contributed by atoms with van der Waals surface area (Å²) in [6, 6.07) is 7.28. The van der Waals surface area contributed by atoms with Gasteiger partial charge in [0.15, 0.2) is 0 Å². The smallest absolute Gasteiger partial charge is 0.245 e. The van der Waals surface area contributed by atoms with Gasteiger partial charge in [0.05, 0.1) is 18.0 Å². The van der Waals surface area contributed by atoms with Crippen molar-refractivity contribution in [1.29, 1.82) is 0 Å². The van der Waals surface area contributed by atoms with E-state index in [1.54, 1.807) is 12.1 Å². The molecule has 1 aromatic rings. The Morgan fingerprint density at radius 2 is 1.86 bits per heavy atom. The Labute approximate surface area is 196 Å². The summed E-state index contributed by atoms with van der Waals surface area (Å²) in [5.74, 6) is 0. The SMILES string of the molecule is [CH2-]CCCCCNN(c1ccc(C(O)C2(CCC)CCC2)cc1)S(C)(=O)=O.[Y]. The molecule has 0 aliphatic heterocycles. The van der Waals surface area contributed by atoms with E-state index >= 15 is 0 Å². The predicted molar refractivity (Wildman–Crippen MR) is 112 cm³/mol. The molecule has 1 saturated carbocycles. The molecule has 0 aromatic heterocycles. The molecule has 1 aromatic carbocycles. The zero-order valence-corrected chi connectivity index (χ0v) is 21.0. The van der Waals surface area contributed by atoms with Crippen LogP contribution in [0.5, 0.6) is 0 Å². The number of sulfonamides is 1. The zero-order chi connectivity index (χ0) is 19.9. The van der Waals surface area contributed by atoms with Gasteiger partial charge in [-0.3, -0.25) is 0 Å². The Morgan fingerprint density at radius 3 is 2.32 bits per heavy atom. The molecule has 1 atom stereocenters. The number of aliphatic hydroxyl groups is 1. The molecule has 5 nitrogen and oxygen atoms in total. The summed E-state index contributed by atoms with van der Waals surface area (Å²) in [7, 11) is -3.43. The van der Waals surface area contributed by atoms with Crippen LogP contribution < -0.4 is 9.84 Å². The summed E-state index contributed by atoms with van der Waals surface area (Å²) < 4.78 is 25.6. The third kappa shape index (κ3) is 6.76. The van der Waals surface area contributed by atoms with Gasteiger partial charge in [0, 0.05) is 44.7 Å². The van der Waals surface area contributed by atoms with Crippen LogP contribution in [0, 0.1) is 12.3 Å². The Balaban J connectivity index is 0.00000392. The Bertz CT molecular complexity index is 675. The van der Waals surface area contributed by atoms with E-state index in [0.29, 0.717) is 12.2 Å². The molecular weight excluding hydrogens is 449 g/mol. The van der Waals surface area contributed by atoms with E-state index in [1.807, 2.05) is 12.1 Å². The third-order valence-electron chi connectivity index (χ3n) is 5.63. The van der Waals surface area contributed by atoms with Crippen molar-refractivity contribution in [3.63, 3.8) is 0 Å². The maximum absolute atomic E-state index is 12.2. The van der Waals surface area contributed by atoms with Gasteiger partial charge < -0.3 is 12.0 Å². The summed E-state index contributed by atoms with van der Waals surface area (Å²) in [5, 5.41) is 10.9. The summed E-state index contributed by atoms with van der Waals surface area (Å²) in [4.78, 5) is 0. The van der Waals surface area contributed by atoms with E-state index in [0.717, 1.165) is 56.9 Å². The fourth-order valence-corrected chi connectivity index (χ4v) is 4.82. The molecule has 0 heterocycles. The maximum atomic E-state index is 12.2. The number of unbranched alkanes of at least 4 members (excludes halogenated alkanes) is 3. The van der Waals surface area contributed by atoms with Crippen LogP contribution in [0.15, 0.2) is 24.3 Å². The van der Waals surface area contributed by atoms with Gasteiger partial charge in [0.2, 0.25) is 10.0 Å². The normalized spacial score (nSPS) is 16.7. The van der Waals surface area contributed by atoms with Crippen LogP contribution in [-0.2, 0) is 42.7 Å². The first-order valence-electron chi connectivity index (χ1n) is 10.1. The van der Waals surface area contributed by atoms with Gasteiger partial charge in [0.1, 0.15) is 0 Å². The molecule has 1 radical (unpaired) electrons. The fraction of sp³-hybridized carbons (Fsp3) is 0.667. The van der Waals surface area contributed by atoms with Gasteiger partial charge >= 0.3 is 0 Å². The van der Waals surface area contributed by atoms with E-state index < -0.39 is 16.1 Å². The molecule has 2 N–H and O–H groups in total. The number of nitrogens with one attached hydrogen (secondary N) is 1. The quantitative estimate of drug-likeness (QED) is 0.263. The summed E-state index contributed by atoms with van der Waals surface area (Å²) in [6.07, 6.45) is 9.99. The van der Waals surface area contributed by atoms with Crippen molar-refractivity contribution in [3.05, 3.63) is 36.8 Å². The standard InChI is InChI=1S/C21H35N2O3S.Y/c1-4-6-7-8-17-22-23(27(3,25)26)19-12-10-18(11-13-19)20(24)21(14-5-2)15-9-16-21;/h10-13,20,22,24H,1,4-9,14-17H2,2-3H3;/q-1;. The number of nitrogens with zero attached hydrogens (tertiary/aromatic N) is 1. The van der Waals surface area contributed by atoms with Crippen molar-refractivity contribution in [1.82, 2.24) is 5.43 Å². The minimum absolute atomic E-state index is 0. The van der Waals surface area contributed by atoms with Crippen LogP contribution >= 0.6 is 0 Å². The first kappa shape index (κ1) is 26.0. The van der Waals surface area contributed by atoms with E-state index in [1.165, 1.54) is 17.1 Å². The van der Waals surface area contributed by atoms with Crippen molar-refractivity contribution in [3.8, 4) is 0 Å². The second-order valence-electron chi connectivity index (χ2n) is 7.81. The molecule has 1 fully saturated rings. The maximum Gasteiger partial charge on any atom is 0.245 e. The van der Waals surface area contributed by atoms with Gasteiger partial charge in [-0.1, -0.05) is 44.7 Å². The Kier molecular flexibility index (Phi) is 11.2. The molecule has 1 aliphatic rings.